The predicted molar refractivity (Wildman–Crippen MR) is 74.5 cm³/mol. The quantitative estimate of drug-likeness (QED) is 0.855. The van der Waals surface area contributed by atoms with Crippen molar-refractivity contribution in [3.63, 3.8) is 0 Å². The molecule has 0 amide bonds. The first-order valence-corrected chi connectivity index (χ1v) is 6.62. The molecule has 7 heteroatoms. The number of benzene rings is 1. The van der Waals surface area contributed by atoms with E-state index in [4.69, 9.17) is 23.2 Å². The Kier molecular flexibility index (Phi) is 4.46. The number of hydrogen-bond acceptors (Lipinski definition) is 2. The largest absolute Gasteiger partial charge is 0.416 e. The highest BCUT2D eigenvalue weighted by atomic mass is 35.5. The Labute approximate surface area is 129 Å². The number of aliphatic hydroxyl groups is 1. The number of pyridine rings is 1. The van der Waals surface area contributed by atoms with Gasteiger partial charge in [-0.3, -0.25) is 4.98 Å². The summed E-state index contributed by atoms with van der Waals surface area (Å²) < 4.78 is 37.9. The first-order chi connectivity index (χ1) is 9.70. The standard InChI is InChI=1S/C14H10Cl2F3NO/c1-7-4-8(14(17,18)19)2-3-10(7)13(21)12-11(16)5-9(15)6-20-12/h2-6,13,21H,1H3. The molecule has 1 N–H and O–H groups in total. The molecule has 0 aliphatic carbocycles. The van der Waals surface area contributed by atoms with E-state index < -0.39 is 17.8 Å². The van der Waals surface area contributed by atoms with Crippen LogP contribution in [0.4, 0.5) is 13.2 Å². The lowest BCUT2D eigenvalue weighted by Gasteiger charge is -2.16. The Morgan fingerprint density at radius 3 is 2.38 bits per heavy atom. The fourth-order valence-corrected chi connectivity index (χ4v) is 2.42. The van der Waals surface area contributed by atoms with Crippen LogP contribution in [0.2, 0.25) is 10.0 Å². The molecule has 21 heavy (non-hydrogen) atoms. The average molecular weight is 336 g/mol. The van der Waals surface area contributed by atoms with E-state index in [9.17, 15) is 18.3 Å². The zero-order valence-electron chi connectivity index (χ0n) is 10.7. The summed E-state index contributed by atoms with van der Waals surface area (Å²) in [5.74, 6) is 0. The summed E-state index contributed by atoms with van der Waals surface area (Å²) in [6, 6.07) is 4.52. The third-order valence-corrected chi connectivity index (χ3v) is 3.50. The van der Waals surface area contributed by atoms with E-state index in [2.05, 4.69) is 4.98 Å². The van der Waals surface area contributed by atoms with E-state index in [0.717, 1.165) is 12.1 Å². The van der Waals surface area contributed by atoms with Crippen molar-refractivity contribution in [1.29, 1.82) is 0 Å². The van der Waals surface area contributed by atoms with Crippen LogP contribution in [-0.2, 0) is 6.18 Å². The molecule has 0 fully saturated rings. The number of nitrogens with zero attached hydrogens (tertiary/aromatic N) is 1. The van der Waals surface area contributed by atoms with Gasteiger partial charge in [0.05, 0.1) is 21.3 Å². The Bertz CT molecular complexity index is 674. The van der Waals surface area contributed by atoms with Crippen molar-refractivity contribution in [3.8, 4) is 0 Å². The molecule has 2 nitrogen and oxygen atoms in total. The molecule has 1 heterocycles. The average Bonchev–Trinajstić information content (AvgIpc) is 2.36. The van der Waals surface area contributed by atoms with E-state index in [1.54, 1.807) is 0 Å². The van der Waals surface area contributed by atoms with Crippen LogP contribution in [-0.4, -0.2) is 10.1 Å². The van der Waals surface area contributed by atoms with Crippen LogP contribution in [0.15, 0.2) is 30.5 Å². The predicted octanol–water partition coefficient (Wildman–Crippen LogP) is 4.80. The minimum Gasteiger partial charge on any atom is -0.382 e. The van der Waals surface area contributed by atoms with Gasteiger partial charge >= 0.3 is 6.18 Å². The summed E-state index contributed by atoms with van der Waals surface area (Å²) in [4.78, 5) is 3.93. The van der Waals surface area contributed by atoms with E-state index in [1.165, 1.54) is 25.3 Å². The van der Waals surface area contributed by atoms with Crippen LogP contribution < -0.4 is 0 Å². The van der Waals surface area contributed by atoms with Crippen molar-refractivity contribution >= 4 is 23.2 Å². The van der Waals surface area contributed by atoms with Crippen molar-refractivity contribution < 1.29 is 18.3 Å². The topological polar surface area (TPSA) is 33.1 Å². The van der Waals surface area contributed by atoms with Gasteiger partial charge in [-0.2, -0.15) is 13.2 Å². The molecule has 0 saturated heterocycles. The number of aryl methyl sites for hydroxylation is 1. The molecular weight excluding hydrogens is 326 g/mol. The van der Waals surface area contributed by atoms with E-state index in [0.29, 0.717) is 16.1 Å². The first kappa shape index (κ1) is 16.1. The second-order valence-electron chi connectivity index (χ2n) is 4.49. The Balaban J connectivity index is 2.42. The van der Waals surface area contributed by atoms with Gasteiger partial charge in [-0.05, 0) is 36.2 Å². The molecule has 1 atom stereocenters. The van der Waals surface area contributed by atoms with Crippen LogP contribution in [0.3, 0.4) is 0 Å². The third kappa shape index (κ3) is 3.48. The monoisotopic (exact) mass is 335 g/mol. The van der Waals surface area contributed by atoms with Crippen molar-refractivity contribution in [2.45, 2.75) is 19.2 Å². The molecule has 112 valence electrons. The minimum atomic E-state index is -4.43. The Morgan fingerprint density at radius 1 is 1.19 bits per heavy atom. The van der Waals surface area contributed by atoms with Gasteiger partial charge in [0.25, 0.3) is 0 Å². The molecule has 0 spiro atoms. The number of aromatic nitrogens is 1. The maximum Gasteiger partial charge on any atom is 0.416 e. The van der Waals surface area contributed by atoms with Crippen molar-refractivity contribution in [2.24, 2.45) is 0 Å². The summed E-state index contributed by atoms with van der Waals surface area (Å²) in [5.41, 5.74) is -0.0279. The molecule has 0 saturated carbocycles. The zero-order valence-corrected chi connectivity index (χ0v) is 12.3. The van der Waals surface area contributed by atoms with Crippen LogP contribution in [0, 0.1) is 6.92 Å². The second-order valence-corrected chi connectivity index (χ2v) is 5.34. The van der Waals surface area contributed by atoms with Gasteiger partial charge in [0.15, 0.2) is 0 Å². The summed E-state index contributed by atoms with van der Waals surface area (Å²) in [5, 5.41) is 10.7. The van der Waals surface area contributed by atoms with Crippen LogP contribution in [0.25, 0.3) is 0 Å². The number of hydrogen-bond donors (Lipinski definition) is 1. The lowest BCUT2D eigenvalue weighted by molar-refractivity contribution is -0.137. The van der Waals surface area contributed by atoms with Gasteiger partial charge in [0, 0.05) is 6.20 Å². The third-order valence-electron chi connectivity index (χ3n) is 2.99. The molecule has 2 rings (SSSR count). The van der Waals surface area contributed by atoms with Gasteiger partial charge in [0.2, 0.25) is 0 Å². The fraction of sp³-hybridized carbons (Fsp3) is 0.214. The highest BCUT2D eigenvalue weighted by Gasteiger charge is 2.31. The van der Waals surface area contributed by atoms with E-state index in [-0.39, 0.29) is 10.7 Å². The SMILES string of the molecule is Cc1cc(C(F)(F)F)ccc1C(O)c1ncc(Cl)cc1Cl. The first-order valence-electron chi connectivity index (χ1n) is 5.87. The molecule has 2 aromatic rings. The summed E-state index contributed by atoms with van der Waals surface area (Å²) >= 11 is 11.7. The molecule has 1 aromatic carbocycles. The van der Waals surface area contributed by atoms with E-state index >= 15 is 0 Å². The summed E-state index contributed by atoms with van der Waals surface area (Å²) in [7, 11) is 0. The second kappa shape index (κ2) is 5.83. The van der Waals surface area contributed by atoms with Gasteiger partial charge in [-0.1, -0.05) is 29.3 Å². The number of halogens is 5. The fourth-order valence-electron chi connectivity index (χ4n) is 1.93. The molecule has 1 unspecified atom stereocenters. The molecule has 0 aliphatic heterocycles. The van der Waals surface area contributed by atoms with Crippen LogP contribution in [0.1, 0.15) is 28.5 Å². The molecule has 1 aromatic heterocycles. The van der Waals surface area contributed by atoms with Gasteiger partial charge < -0.3 is 5.11 Å². The maximum atomic E-state index is 12.6. The van der Waals surface area contributed by atoms with Crippen molar-refractivity contribution in [3.05, 3.63) is 62.9 Å². The lowest BCUT2D eigenvalue weighted by Crippen LogP contribution is -2.09. The highest BCUT2D eigenvalue weighted by Crippen LogP contribution is 2.34. The molecule has 0 bridgehead atoms. The highest BCUT2D eigenvalue weighted by molar-refractivity contribution is 6.34. The van der Waals surface area contributed by atoms with Crippen LogP contribution in [0.5, 0.6) is 0 Å². The number of aliphatic hydroxyl groups excluding tert-OH is 1. The van der Waals surface area contributed by atoms with Crippen LogP contribution >= 0.6 is 23.2 Å². The van der Waals surface area contributed by atoms with Gasteiger partial charge in [-0.25, -0.2) is 0 Å². The summed E-state index contributed by atoms with van der Waals surface area (Å²) in [6.45, 7) is 1.48. The molecule has 0 radical (unpaired) electrons. The Morgan fingerprint density at radius 2 is 1.86 bits per heavy atom. The van der Waals surface area contributed by atoms with E-state index in [1.807, 2.05) is 0 Å². The van der Waals surface area contributed by atoms with Crippen molar-refractivity contribution in [2.75, 3.05) is 0 Å². The normalized spacial score (nSPS) is 13.3. The summed E-state index contributed by atoms with van der Waals surface area (Å²) in [6.07, 6.45) is -4.34. The number of rotatable bonds is 2. The van der Waals surface area contributed by atoms with Gasteiger partial charge in [-0.15, -0.1) is 0 Å². The smallest absolute Gasteiger partial charge is 0.382 e. The Hall–Kier alpha value is -1.30. The lowest BCUT2D eigenvalue weighted by atomic mass is 9.98. The molecule has 0 aliphatic rings. The zero-order chi connectivity index (χ0) is 15.8. The maximum absolute atomic E-state index is 12.6. The minimum absolute atomic E-state index is 0.143. The van der Waals surface area contributed by atoms with Crippen molar-refractivity contribution in [1.82, 2.24) is 4.98 Å². The number of alkyl halides is 3. The van der Waals surface area contributed by atoms with Gasteiger partial charge in [0.1, 0.15) is 6.10 Å². The molecular formula is C14H10Cl2F3NO.